The van der Waals surface area contributed by atoms with Gasteiger partial charge in [-0.15, -0.1) is 6.07 Å². The Morgan fingerprint density at radius 2 is 2.00 bits per heavy atom. The minimum atomic E-state index is -1.42. The second-order valence-electron chi connectivity index (χ2n) is 5.34. The molecule has 1 unspecified atom stereocenters. The number of nitrogens with one attached hydrogen (secondary N) is 1. The molecule has 0 bridgehead atoms. The molecule has 1 heterocycles. The molecule has 0 aliphatic rings. The summed E-state index contributed by atoms with van der Waals surface area (Å²) >= 11 is 0. The van der Waals surface area contributed by atoms with Gasteiger partial charge in [0, 0.05) is 45.1 Å². The fourth-order valence-electron chi connectivity index (χ4n) is 1.90. The van der Waals surface area contributed by atoms with Crippen LogP contribution in [0.5, 0.6) is 0 Å². The number of carbonyl (C=O) groups excluding carboxylic acids is 1. The van der Waals surface area contributed by atoms with Crippen molar-refractivity contribution >= 4 is 11.6 Å². The fraction of sp³-hybridized carbons (Fsp3) is 0.294. The van der Waals surface area contributed by atoms with Crippen molar-refractivity contribution in [1.82, 2.24) is 4.98 Å². The number of carbonyl (C=O) groups is 1. The van der Waals surface area contributed by atoms with Crippen molar-refractivity contribution in [2.24, 2.45) is 0 Å². The summed E-state index contributed by atoms with van der Waals surface area (Å²) in [6.07, 6.45) is 4.36. The number of aliphatic hydroxyl groups is 1. The van der Waals surface area contributed by atoms with Gasteiger partial charge in [0.1, 0.15) is 5.60 Å². The molecule has 1 aromatic carbocycles. The van der Waals surface area contributed by atoms with Crippen molar-refractivity contribution < 1.29 is 42.6 Å². The zero-order valence-corrected chi connectivity index (χ0v) is 15.7. The molecule has 0 saturated carbocycles. The first-order valence-corrected chi connectivity index (χ1v) is 6.88. The maximum absolute atomic E-state index is 12.2. The average Bonchev–Trinajstić information content (AvgIpc) is 2.48. The van der Waals surface area contributed by atoms with Crippen LogP contribution in [0.15, 0.2) is 42.7 Å². The van der Waals surface area contributed by atoms with Crippen molar-refractivity contribution in [1.29, 1.82) is 0 Å². The van der Waals surface area contributed by atoms with Crippen molar-refractivity contribution in [3.8, 4) is 0 Å². The summed E-state index contributed by atoms with van der Waals surface area (Å²) < 4.78 is 0. The van der Waals surface area contributed by atoms with E-state index in [9.17, 15) is 9.90 Å². The van der Waals surface area contributed by atoms with Crippen LogP contribution in [0, 0.1) is 13.0 Å². The van der Waals surface area contributed by atoms with Gasteiger partial charge in [0.15, 0.2) is 0 Å². The van der Waals surface area contributed by atoms with E-state index in [1.807, 2.05) is 25.1 Å². The molecule has 0 spiro atoms. The van der Waals surface area contributed by atoms with Gasteiger partial charge < -0.3 is 10.4 Å². The Morgan fingerprint density at radius 1 is 1.32 bits per heavy atom. The number of hydrogen-bond donors (Lipinski definition) is 2. The van der Waals surface area contributed by atoms with E-state index in [0.29, 0.717) is 18.5 Å². The second-order valence-corrected chi connectivity index (χ2v) is 5.34. The molecule has 5 heteroatoms. The number of amides is 1. The number of aryl methyl sites for hydroxylation is 2. The van der Waals surface area contributed by atoms with Gasteiger partial charge >= 0.3 is 0 Å². The number of aromatic nitrogens is 1. The Morgan fingerprint density at radius 3 is 2.59 bits per heavy atom. The molecule has 1 amide bonds. The van der Waals surface area contributed by atoms with E-state index in [-0.39, 0.29) is 32.7 Å². The van der Waals surface area contributed by atoms with Gasteiger partial charge in [-0.3, -0.25) is 9.78 Å². The minimum Gasteiger partial charge on any atom is -0.380 e. The van der Waals surface area contributed by atoms with Gasteiger partial charge in [-0.2, -0.15) is 23.8 Å². The van der Waals surface area contributed by atoms with Crippen molar-refractivity contribution in [2.45, 2.75) is 32.3 Å². The molecule has 4 nitrogen and oxygen atoms in total. The standard InChI is InChI=1S/C17H19N2O2.Y/c1-13-3-5-15(6-4-13)19-16(20)17(2,21)10-7-14-8-11-18-12-9-14;/h3,5-6,8-9,11-12,21H,7,10H2,1-2H3,(H,19,20);/q-1;. The molecule has 0 aliphatic heterocycles. The summed E-state index contributed by atoms with van der Waals surface area (Å²) in [5, 5.41) is 13.0. The third-order valence-corrected chi connectivity index (χ3v) is 3.37. The Balaban J connectivity index is 0.00000242. The van der Waals surface area contributed by atoms with Crippen LogP contribution in [0.1, 0.15) is 24.5 Å². The molecule has 0 saturated heterocycles. The summed E-state index contributed by atoms with van der Waals surface area (Å²) in [5.74, 6) is -0.409. The van der Waals surface area contributed by atoms with Gasteiger partial charge in [-0.25, -0.2) is 0 Å². The normalized spacial score (nSPS) is 12.9. The van der Waals surface area contributed by atoms with Gasteiger partial charge in [0.2, 0.25) is 5.91 Å². The Bertz CT molecular complexity index is 598. The minimum absolute atomic E-state index is 0. The Labute approximate surface area is 156 Å². The molecule has 1 atom stereocenters. The van der Waals surface area contributed by atoms with Crippen molar-refractivity contribution in [3.63, 3.8) is 0 Å². The molecule has 1 aromatic heterocycles. The SMILES string of the molecule is Cc1[c-]cc(NC(=O)C(C)(O)CCc2ccncc2)cc1.[Y]. The van der Waals surface area contributed by atoms with Crippen molar-refractivity contribution in [2.75, 3.05) is 5.32 Å². The summed E-state index contributed by atoms with van der Waals surface area (Å²) in [7, 11) is 0. The van der Waals surface area contributed by atoms with Crippen LogP contribution in [0.4, 0.5) is 5.69 Å². The molecular formula is C17H19N2O2Y-. The number of nitrogens with zero attached hydrogens (tertiary/aromatic N) is 1. The molecule has 0 fully saturated rings. The van der Waals surface area contributed by atoms with E-state index < -0.39 is 11.5 Å². The topological polar surface area (TPSA) is 62.2 Å². The van der Waals surface area contributed by atoms with E-state index in [0.717, 1.165) is 11.1 Å². The average molecular weight is 372 g/mol. The van der Waals surface area contributed by atoms with E-state index >= 15 is 0 Å². The van der Waals surface area contributed by atoms with Gasteiger partial charge in [0.05, 0.1) is 0 Å². The van der Waals surface area contributed by atoms with Crippen molar-refractivity contribution in [3.05, 3.63) is 59.9 Å². The molecule has 0 aliphatic carbocycles. The summed E-state index contributed by atoms with van der Waals surface area (Å²) in [4.78, 5) is 16.1. The van der Waals surface area contributed by atoms with Crippen LogP contribution in [0.2, 0.25) is 0 Å². The summed E-state index contributed by atoms with van der Waals surface area (Å²) in [6, 6.07) is 12.1. The molecular weight excluding hydrogens is 353 g/mol. The van der Waals surface area contributed by atoms with Crippen LogP contribution in [-0.2, 0) is 43.9 Å². The smallest absolute Gasteiger partial charge is 0.245 e. The van der Waals surface area contributed by atoms with Gasteiger partial charge in [-0.05, 0) is 37.5 Å². The predicted octanol–water partition coefficient (Wildman–Crippen LogP) is 2.51. The predicted molar refractivity (Wildman–Crippen MR) is 81.8 cm³/mol. The van der Waals surface area contributed by atoms with E-state index in [1.54, 1.807) is 24.5 Å². The second kappa shape index (κ2) is 8.51. The van der Waals surface area contributed by atoms with Crippen LogP contribution < -0.4 is 5.32 Å². The largest absolute Gasteiger partial charge is 0.380 e. The number of benzene rings is 1. The van der Waals surface area contributed by atoms with Crippen LogP contribution in [0.25, 0.3) is 0 Å². The number of anilines is 1. The fourth-order valence-corrected chi connectivity index (χ4v) is 1.90. The first-order chi connectivity index (χ1) is 9.97. The maximum Gasteiger partial charge on any atom is 0.245 e. The molecule has 2 N–H and O–H groups in total. The number of hydrogen-bond acceptors (Lipinski definition) is 3. The van der Waals surface area contributed by atoms with E-state index in [1.165, 1.54) is 6.92 Å². The zero-order chi connectivity index (χ0) is 15.3. The van der Waals surface area contributed by atoms with Crippen LogP contribution in [-0.4, -0.2) is 21.6 Å². The zero-order valence-electron chi connectivity index (χ0n) is 12.8. The van der Waals surface area contributed by atoms with E-state index in [2.05, 4.69) is 16.4 Å². The molecule has 2 aromatic rings. The van der Waals surface area contributed by atoms with Crippen LogP contribution >= 0.6 is 0 Å². The first-order valence-electron chi connectivity index (χ1n) is 6.88. The van der Waals surface area contributed by atoms with Gasteiger partial charge in [-0.1, -0.05) is 12.6 Å². The third kappa shape index (κ3) is 5.60. The number of pyridine rings is 1. The first kappa shape index (κ1) is 19.0. The monoisotopic (exact) mass is 372 g/mol. The summed E-state index contributed by atoms with van der Waals surface area (Å²) in [6.45, 7) is 3.46. The third-order valence-electron chi connectivity index (χ3n) is 3.37. The van der Waals surface area contributed by atoms with Gasteiger partial charge in [0.25, 0.3) is 0 Å². The Hall–Kier alpha value is -1.10. The molecule has 113 valence electrons. The van der Waals surface area contributed by atoms with E-state index in [4.69, 9.17) is 0 Å². The maximum atomic E-state index is 12.2. The van der Waals surface area contributed by atoms with Crippen LogP contribution in [0.3, 0.4) is 0 Å². The summed E-state index contributed by atoms with van der Waals surface area (Å²) in [5.41, 5.74) is 1.25. The molecule has 22 heavy (non-hydrogen) atoms. The molecule has 1 radical (unpaired) electrons. The Kier molecular flexibility index (Phi) is 7.33. The quantitative estimate of drug-likeness (QED) is 0.793. The number of rotatable bonds is 5. The molecule has 2 rings (SSSR count).